The Balaban J connectivity index is 0.00000378. The average molecular weight is 683 g/mol. The Bertz CT molecular complexity index is 1540. The van der Waals surface area contributed by atoms with Crippen LogP contribution >= 0.6 is 0 Å². The number of nitrogens with zero attached hydrogens (tertiary/aromatic N) is 2. The monoisotopic (exact) mass is 682 g/mol. The summed E-state index contributed by atoms with van der Waals surface area (Å²) in [5.74, 6) is -1.82. The number of amides is 2. The standard InChI is InChI=1S/C37H50N2O9.CH4/c1-7-38-17-34(18-48-32(42)21-10-8-9-11-24(21)39-26(40)14-19(2)31(39)41)13-12-20(3)36-23-15-22-25(45-4)16-35(43,27(23)28(22)46-5)37(44,33(36)38)30(47-6)29(34)36;/h8-11,19-20,22-23,25,27-30,33,43-44H,7,12-18H2,1-6H3;1H4/t19-,20-,22+,23+,25-,27+,28-,29?,30-,33?,34-,35+,36+,37+;/m0./s1. The number of para-hydroxylation sites is 1. The highest BCUT2D eigenvalue weighted by Gasteiger charge is 2.91. The van der Waals surface area contributed by atoms with Crippen molar-refractivity contribution in [3.05, 3.63) is 29.8 Å². The first-order chi connectivity index (χ1) is 22.9. The van der Waals surface area contributed by atoms with E-state index >= 15 is 0 Å². The maximum absolute atomic E-state index is 14.0. The van der Waals surface area contributed by atoms with Crippen molar-refractivity contribution in [2.45, 2.75) is 95.9 Å². The number of likely N-dealkylation sites (N-methyl/N-ethyl adjacent to an activating group) is 1. The number of carbonyl (C=O) groups is 3. The van der Waals surface area contributed by atoms with E-state index < -0.39 is 40.0 Å². The molecule has 0 aromatic heterocycles. The smallest absolute Gasteiger partial charge is 0.340 e. The van der Waals surface area contributed by atoms with Gasteiger partial charge in [-0.2, -0.15) is 0 Å². The lowest BCUT2D eigenvalue weighted by atomic mass is 9.41. The van der Waals surface area contributed by atoms with Crippen LogP contribution in [0.25, 0.3) is 0 Å². The molecule has 1 spiro atoms. The molecule has 5 aliphatic carbocycles. The molecule has 14 atom stereocenters. The largest absolute Gasteiger partial charge is 0.461 e. The summed E-state index contributed by atoms with van der Waals surface area (Å²) in [4.78, 5) is 43.3. The normalized spacial score (nSPS) is 47.7. The Hall–Kier alpha value is -2.41. The van der Waals surface area contributed by atoms with Crippen molar-refractivity contribution in [2.24, 2.45) is 46.3 Å². The minimum Gasteiger partial charge on any atom is -0.461 e. The van der Waals surface area contributed by atoms with Crippen LogP contribution in [-0.2, 0) is 28.5 Å². The van der Waals surface area contributed by atoms with E-state index in [0.717, 1.165) is 24.2 Å². The minimum absolute atomic E-state index is 0. The molecule has 7 fully saturated rings. The van der Waals surface area contributed by atoms with Gasteiger partial charge in [0.05, 0.1) is 42.2 Å². The van der Waals surface area contributed by atoms with Crippen molar-refractivity contribution in [1.29, 1.82) is 0 Å². The molecule has 2 aliphatic heterocycles. The Kier molecular flexibility index (Phi) is 8.25. The van der Waals surface area contributed by atoms with E-state index in [-0.39, 0.29) is 91.4 Å². The van der Waals surface area contributed by atoms with Gasteiger partial charge in [-0.15, -0.1) is 0 Å². The van der Waals surface area contributed by atoms with Gasteiger partial charge in [0, 0.05) is 75.2 Å². The second kappa shape index (κ2) is 11.5. The van der Waals surface area contributed by atoms with E-state index in [2.05, 4.69) is 18.7 Å². The molecule has 2 N–H and O–H groups in total. The third-order valence-electron chi connectivity index (χ3n) is 14.7. The molecule has 1 aromatic carbocycles. The van der Waals surface area contributed by atoms with Crippen LogP contribution in [0.1, 0.15) is 70.7 Å². The first kappa shape index (κ1) is 35.0. The van der Waals surface area contributed by atoms with Gasteiger partial charge in [0.2, 0.25) is 11.8 Å². The van der Waals surface area contributed by atoms with Gasteiger partial charge in [0.15, 0.2) is 0 Å². The summed E-state index contributed by atoms with van der Waals surface area (Å²) in [6.07, 6.45) is 1.66. The summed E-state index contributed by atoms with van der Waals surface area (Å²) in [5.41, 5.74) is -3.70. The zero-order chi connectivity index (χ0) is 34.1. The highest BCUT2D eigenvalue weighted by atomic mass is 16.5. The molecule has 7 bridgehead atoms. The average Bonchev–Trinajstić information content (AvgIpc) is 3.61. The van der Waals surface area contributed by atoms with Gasteiger partial charge in [-0.1, -0.05) is 40.3 Å². The number of fused-ring (bicyclic) bond motifs is 2. The first-order valence-electron chi connectivity index (χ1n) is 17.8. The molecule has 5 saturated carbocycles. The summed E-state index contributed by atoms with van der Waals surface area (Å²) in [7, 11) is 5.03. The van der Waals surface area contributed by atoms with Crippen LogP contribution in [0, 0.1) is 46.3 Å². The predicted molar refractivity (Wildman–Crippen MR) is 180 cm³/mol. The number of ether oxygens (including phenoxy) is 4. The van der Waals surface area contributed by atoms with Crippen LogP contribution < -0.4 is 4.90 Å². The maximum Gasteiger partial charge on any atom is 0.340 e. The van der Waals surface area contributed by atoms with Gasteiger partial charge >= 0.3 is 5.97 Å². The molecule has 11 heteroatoms. The number of hydrogen-bond donors (Lipinski definition) is 2. The van der Waals surface area contributed by atoms with E-state index in [0.29, 0.717) is 19.5 Å². The number of rotatable bonds is 8. The summed E-state index contributed by atoms with van der Waals surface area (Å²) >= 11 is 0. The van der Waals surface area contributed by atoms with Gasteiger partial charge in [-0.25, -0.2) is 9.69 Å². The third kappa shape index (κ3) is 3.98. The molecule has 1 aromatic rings. The lowest BCUT2D eigenvalue weighted by Crippen LogP contribution is -2.81. The number of methoxy groups -OCH3 is 3. The van der Waals surface area contributed by atoms with Crippen LogP contribution in [0.5, 0.6) is 0 Å². The zero-order valence-corrected chi connectivity index (χ0v) is 28.9. The lowest BCUT2D eigenvalue weighted by molar-refractivity contribution is -0.313. The number of likely N-dealkylation sites (tertiary alicyclic amines) is 1. The van der Waals surface area contributed by atoms with Gasteiger partial charge in [-0.05, 0) is 49.8 Å². The molecule has 8 rings (SSSR count). The van der Waals surface area contributed by atoms with Gasteiger partial charge in [0.1, 0.15) is 11.2 Å². The maximum atomic E-state index is 14.0. The van der Waals surface area contributed by atoms with Gasteiger partial charge in [-0.3, -0.25) is 14.5 Å². The molecule has 2 unspecified atom stereocenters. The van der Waals surface area contributed by atoms with Crippen LogP contribution in [0.2, 0.25) is 0 Å². The number of carbonyl (C=O) groups excluding carboxylic acids is 3. The van der Waals surface area contributed by atoms with Crippen LogP contribution in [0.3, 0.4) is 0 Å². The molecule has 2 heterocycles. The molecule has 11 nitrogen and oxygen atoms in total. The fourth-order valence-electron chi connectivity index (χ4n) is 13.2. The van der Waals surface area contributed by atoms with E-state index in [1.807, 2.05) is 0 Å². The third-order valence-corrected chi connectivity index (χ3v) is 14.7. The second-order valence-electron chi connectivity index (χ2n) is 16.1. The second-order valence-corrected chi connectivity index (χ2v) is 16.1. The van der Waals surface area contributed by atoms with E-state index in [1.54, 1.807) is 52.5 Å². The number of benzene rings is 1. The number of aliphatic hydroxyl groups is 2. The highest BCUT2D eigenvalue weighted by molar-refractivity contribution is 6.22. The number of piperidine rings is 1. The minimum atomic E-state index is -1.61. The van der Waals surface area contributed by atoms with Crippen molar-refractivity contribution < 1.29 is 43.5 Å². The summed E-state index contributed by atoms with van der Waals surface area (Å²) < 4.78 is 25.0. The van der Waals surface area contributed by atoms with Crippen LogP contribution in [0.4, 0.5) is 5.69 Å². The topological polar surface area (TPSA) is 135 Å². The Morgan fingerprint density at radius 3 is 2.43 bits per heavy atom. The van der Waals surface area contributed by atoms with Gasteiger partial charge < -0.3 is 29.2 Å². The fraction of sp³-hybridized carbons (Fsp3) is 0.763. The van der Waals surface area contributed by atoms with Crippen molar-refractivity contribution >= 4 is 23.5 Å². The van der Waals surface area contributed by atoms with Crippen molar-refractivity contribution in [3.63, 3.8) is 0 Å². The van der Waals surface area contributed by atoms with Crippen molar-refractivity contribution in [2.75, 3.05) is 45.9 Å². The Labute approximate surface area is 289 Å². The number of anilines is 1. The molecule has 2 saturated heterocycles. The summed E-state index contributed by atoms with van der Waals surface area (Å²) in [5, 5.41) is 26.5. The molecule has 2 amide bonds. The van der Waals surface area contributed by atoms with Crippen molar-refractivity contribution in [1.82, 2.24) is 4.90 Å². The first-order valence-corrected chi connectivity index (χ1v) is 17.8. The highest BCUT2D eigenvalue weighted by Crippen LogP contribution is 2.81. The molecule has 49 heavy (non-hydrogen) atoms. The molecule has 7 aliphatic rings. The Morgan fingerprint density at radius 1 is 1.06 bits per heavy atom. The molecule has 0 radical (unpaired) electrons. The molecule has 270 valence electrons. The van der Waals surface area contributed by atoms with E-state index in [4.69, 9.17) is 18.9 Å². The fourth-order valence-corrected chi connectivity index (χ4v) is 13.2. The number of hydrogen-bond acceptors (Lipinski definition) is 10. The van der Waals surface area contributed by atoms with E-state index in [1.165, 1.54) is 0 Å². The number of imide groups is 1. The zero-order valence-electron chi connectivity index (χ0n) is 28.9. The quantitative estimate of drug-likeness (QED) is 0.311. The van der Waals surface area contributed by atoms with Crippen LogP contribution in [0.15, 0.2) is 24.3 Å². The lowest BCUT2D eigenvalue weighted by Gasteiger charge is -2.70. The predicted octanol–water partition coefficient (Wildman–Crippen LogP) is 3.29. The molecular formula is C38H54N2O9. The molecular weight excluding hydrogens is 628 g/mol. The SMILES string of the molecule is C.CCN1C[C@]2(COC(=O)c3ccccc3N3C(=O)C[C@H](C)C3=O)CC[C@H](C)[C@@]34C2[C@H](OC)[C@@](O)(C13)[C@@]1(O)C[C@H](OC)[C@H]2C[C@@H]4[C@@H]1[C@H]2OC. The number of esters is 1. The van der Waals surface area contributed by atoms with Crippen molar-refractivity contribution in [3.8, 4) is 0 Å². The summed E-state index contributed by atoms with van der Waals surface area (Å²) in [6.45, 7) is 7.44. The van der Waals surface area contributed by atoms with E-state index in [9.17, 15) is 24.6 Å². The van der Waals surface area contributed by atoms with Crippen LogP contribution in [-0.4, -0.2) is 109 Å². The Morgan fingerprint density at radius 2 is 1.80 bits per heavy atom. The van der Waals surface area contributed by atoms with Gasteiger partial charge in [0.25, 0.3) is 0 Å². The summed E-state index contributed by atoms with van der Waals surface area (Å²) in [6, 6.07) is 6.29.